The number of hydrogen-bond donors (Lipinski definition) is 0. The summed E-state index contributed by atoms with van der Waals surface area (Å²) >= 11 is 0. The zero-order valence-corrected chi connectivity index (χ0v) is 48.3. The van der Waals surface area contributed by atoms with Crippen molar-refractivity contribution in [2.24, 2.45) is 200 Å². The summed E-state index contributed by atoms with van der Waals surface area (Å²) in [6, 6.07) is 0. The summed E-state index contributed by atoms with van der Waals surface area (Å²) < 4.78 is 0. The van der Waals surface area contributed by atoms with Gasteiger partial charge in [-0.2, -0.15) is 0 Å². The molecule has 0 saturated heterocycles. The highest BCUT2D eigenvalue weighted by molar-refractivity contribution is 5.13. The molecule has 9 aliphatic carbocycles. The smallest absolute Gasteiger partial charge is 0.0321 e. The first-order valence-corrected chi connectivity index (χ1v) is 29.3. The summed E-state index contributed by atoms with van der Waals surface area (Å²) in [5.41, 5.74) is 1.00. The second-order valence-electron chi connectivity index (χ2n) is 31.2. The van der Waals surface area contributed by atoms with E-state index >= 15 is 0 Å². The molecule has 0 aromatic carbocycles. The zero-order valence-electron chi connectivity index (χ0n) is 48.3. The maximum absolute atomic E-state index is 2.69. The number of hydrogen-bond acceptors (Lipinski definition) is 0. The maximum Gasteiger partial charge on any atom is -0.0321 e. The summed E-state index contributed by atoms with van der Waals surface area (Å²) in [5, 5.41) is 0. The Hall–Kier alpha value is 0. The largest absolute Gasteiger partial charge is 0.0620 e. The van der Waals surface area contributed by atoms with Gasteiger partial charge < -0.3 is 0 Å². The molecule has 0 aromatic rings. The van der Waals surface area contributed by atoms with Gasteiger partial charge in [-0.05, 0) is 226 Å². The van der Waals surface area contributed by atoms with E-state index in [0.717, 1.165) is 189 Å². The molecule has 9 rings (SSSR count). The van der Waals surface area contributed by atoms with Crippen LogP contribution in [-0.4, -0.2) is 0 Å². The highest BCUT2D eigenvalue weighted by atomic mass is 14.7. The van der Waals surface area contributed by atoms with Gasteiger partial charge in [-0.15, -0.1) is 0 Å². The minimum Gasteiger partial charge on any atom is -0.0620 e. The molecule has 374 valence electrons. The van der Waals surface area contributed by atoms with Gasteiger partial charge in [0.1, 0.15) is 0 Å². The molecular formula is C64H118. The molecule has 0 aromatic heterocycles. The fraction of sp³-hybridized carbons (Fsp3) is 1.00. The SMILES string of the molecule is CC(C)(C)C.CC(C)(C)C.CC1C(C)C(C)C2C3CC4C(CC3C(C)C2C1C)C(C)C1C(C)C(C)C(C)C(C)C41.CC1C(C)C2CC3C(C)C4C(C)C(C)C(C)C(C)C4C3CC2C1C. The van der Waals surface area contributed by atoms with E-state index in [0.29, 0.717) is 10.8 Å². The predicted octanol–water partition coefficient (Wildman–Crippen LogP) is 18.8. The van der Waals surface area contributed by atoms with Crippen molar-refractivity contribution in [2.75, 3.05) is 0 Å². The Balaban J connectivity index is 0.000000178. The van der Waals surface area contributed by atoms with Crippen molar-refractivity contribution < 1.29 is 0 Å². The first kappa shape index (κ1) is 53.4. The minimum atomic E-state index is 0.500. The van der Waals surface area contributed by atoms with E-state index in [2.05, 4.69) is 180 Å². The Labute approximate surface area is 404 Å². The van der Waals surface area contributed by atoms with Crippen molar-refractivity contribution in [3.05, 3.63) is 0 Å². The monoisotopic (exact) mass is 887 g/mol. The van der Waals surface area contributed by atoms with Crippen LogP contribution in [0.3, 0.4) is 0 Å². The lowest BCUT2D eigenvalue weighted by Crippen LogP contribution is -2.45. The van der Waals surface area contributed by atoms with Crippen LogP contribution in [0.25, 0.3) is 0 Å². The Kier molecular flexibility index (Phi) is 16.1. The summed E-state index contributed by atoms with van der Waals surface area (Å²) in [6.07, 6.45) is 6.33. The standard InChI is InChI=1S/C30H52.C24H42.2C5H12/c1-13-15(3)19(7)29-25-12-26-24(11-23(25)21(9)27(29)17(13)5)22(10)28-18(6)14(2)16(4)20(8)30(26)28;1-11-12(2)17(7)24-22-10-20-15(5)13(3)14(4)19(20)9-21(22)18(8)23(24)16(11)6;2*1-5(2,3)4/h13-30H,11-12H2,1-10H3;11-24H,9-10H2,1-8H3;2*1-4H3. The van der Waals surface area contributed by atoms with Gasteiger partial charge in [0, 0.05) is 0 Å². The van der Waals surface area contributed by atoms with Crippen LogP contribution in [0.5, 0.6) is 0 Å². The van der Waals surface area contributed by atoms with Crippen molar-refractivity contribution in [1.29, 1.82) is 0 Å². The third-order valence-corrected chi connectivity index (χ3v) is 25.2. The summed E-state index contributed by atoms with van der Waals surface area (Å²) in [6.45, 7) is 64.5. The molecule has 9 aliphatic rings. The maximum atomic E-state index is 2.69. The van der Waals surface area contributed by atoms with Crippen molar-refractivity contribution >= 4 is 0 Å². The minimum absolute atomic E-state index is 0.500. The lowest BCUT2D eigenvalue weighted by atomic mass is 9.54. The molecule has 0 N–H and O–H groups in total. The van der Waals surface area contributed by atoms with E-state index < -0.39 is 0 Å². The average Bonchev–Trinajstić information content (AvgIpc) is 3.84. The van der Waals surface area contributed by atoms with Crippen LogP contribution in [-0.2, 0) is 0 Å². The van der Waals surface area contributed by atoms with Crippen LogP contribution in [0, 0.1) is 200 Å². The highest BCUT2D eigenvalue weighted by Gasteiger charge is 2.65. The quantitative estimate of drug-likeness (QED) is 0.227. The predicted molar refractivity (Wildman–Crippen MR) is 283 cm³/mol. The van der Waals surface area contributed by atoms with Crippen molar-refractivity contribution in [3.63, 3.8) is 0 Å². The molecule has 0 aliphatic heterocycles. The van der Waals surface area contributed by atoms with Gasteiger partial charge in [0.2, 0.25) is 0 Å². The Bertz CT molecular complexity index is 1430. The van der Waals surface area contributed by atoms with Crippen LogP contribution in [0.15, 0.2) is 0 Å². The van der Waals surface area contributed by atoms with Gasteiger partial charge in [0.15, 0.2) is 0 Å². The first-order valence-electron chi connectivity index (χ1n) is 29.3. The van der Waals surface area contributed by atoms with E-state index in [9.17, 15) is 0 Å². The molecule has 64 heavy (non-hydrogen) atoms. The molecular weight excluding hydrogens is 769 g/mol. The second kappa shape index (κ2) is 19.3. The summed E-state index contributed by atoms with van der Waals surface area (Å²) in [5.74, 6) is 31.3. The van der Waals surface area contributed by atoms with E-state index in [4.69, 9.17) is 0 Å². The van der Waals surface area contributed by atoms with Gasteiger partial charge in [-0.25, -0.2) is 0 Å². The molecule has 32 unspecified atom stereocenters. The Morgan fingerprint density at radius 3 is 0.531 bits per heavy atom. The molecule has 9 saturated carbocycles. The summed E-state index contributed by atoms with van der Waals surface area (Å²) in [4.78, 5) is 0. The second-order valence-corrected chi connectivity index (χ2v) is 31.2. The number of fused-ring (bicyclic) bond motifs is 10. The molecule has 0 radical (unpaired) electrons. The van der Waals surface area contributed by atoms with E-state index in [1.165, 1.54) is 0 Å². The molecule has 32 atom stereocenters. The van der Waals surface area contributed by atoms with E-state index in [1.54, 1.807) is 25.7 Å². The molecule has 0 spiro atoms. The lowest BCUT2D eigenvalue weighted by Gasteiger charge is -2.51. The number of rotatable bonds is 0. The normalized spacial score (nSPS) is 58.2. The molecule has 0 heterocycles. The Morgan fingerprint density at radius 2 is 0.312 bits per heavy atom. The van der Waals surface area contributed by atoms with Crippen LogP contribution >= 0.6 is 0 Å². The molecule has 0 nitrogen and oxygen atoms in total. The van der Waals surface area contributed by atoms with Gasteiger partial charge >= 0.3 is 0 Å². The first-order chi connectivity index (χ1) is 29.3. The van der Waals surface area contributed by atoms with Crippen LogP contribution in [0.2, 0.25) is 0 Å². The summed E-state index contributed by atoms with van der Waals surface area (Å²) in [7, 11) is 0. The molecule has 0 bridgehead atoms. The van der Waals surface area contributed by atoms with Gasteiger partial charge in [-0.1, -0.05) is 180 Å². The van der Waals surface area contributed by atoms with Crippen LogP contribution in [0.4, 0.5) is 0 Å². The van der Waals surface area contributed by atoms with Gasteiger partial charge in [-0.3, -0.25) is 0 Å². The van der Waals surface area contributed by atoms with Crippen molar-refractivity contribution in [2.45, 2.75) is 206 Å². The third kappa shape index (κ3) is 9.48. The van der Waals surface area contributed by atoms with Crippen molar-refractivity contribution in [1.82, 2.24) is 0 Å². The van der Waals surface area contributed by atoms with Crippen LogP contribution < -0.4 is 0 Å². The average molecular weight is 888 g/mol. The van der Waals surface area contributed by atoms with Gasteiger partial charge in [0.05, 0.1) is 0 Å². The molecule has 0 heteroatoms. The van der Waals surface area contributed by atoms with Crippen molar-refractivity contribution in [3.8, 4) is 0 Å². The van der Waals surface area contributed by atoms with Gasteiger partial charge in [0.25, 0.3) is 0 Å². The third-order valence-electron chi connectivity index (χ3n) is 25.2. The fourth-order valence-corrected chi connectivity index (χ4v) is 20.7. The van der Waals surface area contributed by atoms with Crippen LogP contribution in [0.1, 0.15) is 206 Å². The van der Waals surface area contributed by atoms with E-state index in [1.807, 2.05) is 0 Å². The fourth-order valence-electron chi connectivity index (χ4n) is 20.7. The van der Waals surface area contributed by atoms with E-state index in [-0.39, 0.29) is 0 Å². The topological polar surface area (TPSA) is 0 Å². The zero-order chi connectivity index (χ0) is 48.3. The molecule has 0 amide bonds. The Morgan fingerprint density at radius 1 is 0.172 bits per heavy atom. The molecule has 9 fully saturated rings. The lowest BCUT2D eigenvalue weighted by molar-refractivity contribution is -0.0259. The highest BCUT2D eigenvalue weighted by Crippen LogP contribution is 2.71.